The lowest BCUT2D eigenvalue weighted by molar-refractivity contribution is 0.245. The van der Waals surface area contributed by atoms with Gasteiger partial charge in [0.05, 0.1) is 34.0 Å². The van der Waals surface area contributed by atoms with E-state index < -0.39 is 31.0 Å². The van der Waals surface area contributed by atoms with Crippen LogP contribution in [0.4, 0.5) is 0 Å². The van der Waals surface area contributed by atoms with E-state index in [4.69, 9.17) is 4.42 Å². The Kier molecular flexibility index (Phi) is 6.00. The Balaban J connectivity index is 1.83. The molecule has 1 aliphatic heterocycles. The lowest BCUT2D eigenvalue weighted by Crippen LogP contribution is -2.46. The molecule has 2 aromatic rings. The molecule has 9 heteroatoms. The smallest absolute Gasteiger partial charge is 0.183 e. The number of rotatable bonds is 7. The molecule has 0 bridgehead atoms. The van der Waals surface area contributed by atoms with Crippen LogP contribution in [0.3, 0.4) is 0 Å². The van der Waals surface area contributed by atoms with Crippen LogP contribution in [0, 0.1) is 6.92 Å². The van der Waals surface area contributed by atoms with Crippen LogP contribution in [0.15, 0.2) is 52.0 Å². The van der Waals surface area contributed by atoms with Crippen LogP contribution in [0.2, 0.25) is 0 Å². The molecule has 1 aliphatic rings. The molecule has 3 rings (SSSR count). The van der Waals surface area contributed by atoms with Crippen LogP contribution in [-0.4, -0.2) is 65.2 Å². The molecular formula is C19H26N2O5S2. The van der Waals surface area contributed by atoms with Crippen molar-refractivity contribution in [3.8, 4) is 0 Å². The number of hydrogen-bond acceptors (Lipinski definition) is 7. The van der Waals surface area contributed by atoms with Crippen molar-refractivity contribution >= 4 is 19.7 Å². The molecule has 1 unspecified atom stereocenters. The largest absolute Gasteiger partial charge is 0.468 e. The Labute approximate surface area is 166 Å². The molecule has 1 N–H and O–H groups in total. The van der Waals surface area contributed by atoms with Crippen LogP contribution in [0.25, 0.3) is 0 Å². The van der Waals surface area contributed by atoms with Crippen molar-refractivity contribution in [3.05, 3.63) is 54.0 Å². The van der Waals surface area contributed by atoms with Crippen LogP contribution < -0.4 is 5.32 Å². The third-order valence-corrected chi connectivity index (χ3v) is 9.28. The number of aryl methyl sites for hydroxylation is 1. The molecule has 0 aliphatic carbocycles. The van der Waals surface area contributed by atoms with Crippen LogP contribution in [-0.2, 0) is 19.7 Å². The zero-order chi connectivity index (χ0) is 20.5. The highest BCUT2D eigenvalue weighted by atomic mass is 32.2. The van der Waals surface area contributed by atoms with Crippen molar-refractivity contribution in [2.75, 3.05) is 32.1 Å². The minimum absolute atomic E-state index is 0.138. The highest BCUT2D eigenvalue weighted by Crippen LogP contribution is 2.27. The maximum Gasteiger partial charge on any atom is 0.183 e. The second-order valence-electron chi connectivity index (χ2n) is 7.48. The molecule has 0 saturated carbocycles. The molecule has 1 aromatic heterocycles. The summed E-state index contributed by atoms with van der Waals surface area (Å²) in [4.78, 5) is 2.10. The first kappa shape index (κ1) is 21.0. The van der Waals surface area contributed by atoms with Crippen molar-refractivity contribution in [2.24, 2.45) is 0 Å². The molecule has 1 fully saturated rings. The topological polar surface area (TPSA) is 96.7 Å². The first-order chi connectivity index (χ1) is 13.1. The summed E-state index contributed by atoms with van der Waals surface area (Å²) >= 11 is 0. The Morgan fingerprint density at radius 3 is 2.43 bits per heavy atom. The van der Waals surface area contributed by atoms with Crippen molar-refractivity contribution in [1.82, 2.24) is 10.2 Å². The van der Waals surface area contributed by atoms with Crippen molar-refractivity contribution < 1.29 is 21.3 Å². The number of hydrogen-bond donors (Lipinski definition) is 1. The lowest BCUT2D eigenvalue weighted by atomic mass is 10.2. The maximum atomic E-state index is 13.1. The second kappa shape index (κ2) is 7.98. The predicted octanol–water partition coefficient (Wildman–Crippen LogP) is 1.42. The summed E-state index contributed by atoms with van der Waals surface area (Å²) in [6, 6.07) is 9.34. The third-order valence-electron chi connectivity index (χ3n) is 5.12. The van der Waals surface area contributed by atoms with E-state index in [-0.39, 0.29) is 22.4 Å². The molecule has 0 amide bonds. The number of benzene rings is 1. The molecule has 7 nitrogen and oxygen atoms in total. The summed E-state index contributed by atoms with van der Waals surface area (Å²) in [7, 11) is -3.44. The fourth-order valence-electron chi connectivity index (χ4n) is 3.50. The van der Waals surface area contributed by atoms with E-state index in [9.17, 15) is 16.8 Å². The standard InChI is InChI=1S/C19H26N2O5S2/c1-14-6-8-15(9-7-14)28(24,25)19-13-27(22,23)12-16(19)20-11-17(21(2)3)18-5-4-10-26-18/h4-10,16-17,19-20H,11-13H2,1-3H3/t16-,17?,19-/m0/s1. The number of sulfone groups is 2. The average Bonchev–Trinajstić information content (AvgIpc) is 3.23. The van der Waals surface area contributed by atoms with E-state index in [1.165, 1.54) is 12.1 Å². The van der Waals surface area contributed by atoms with Gasteiger partial charge in [-0.15, -0.1) is 0 Å². The fraction of sp³-hybridized carbons (Fsp3) is 0.474. The van der Waals surface area contributed by atoms with Crippen molar-refractivity contribution in [3.63, 3.8) is 0 Å². The summed E-state index contributed by atoms with van der Waals surface area (Å²) in [6.45, 7) is 2.25. The fourth-order valence-corrected chi connectivity index (χ4v) is 8.21. The Morgan fingerprint density at radius 2 is 1.86 bits per heavy atom. The van der Waals surface area contributed by atoms with Gasteiger partial charge >= 0.3 is 0 Å². The quantitative estimate of drug-likeness (QED) is 0.715. The van der Waals surface area contributed by atoms with Gasteiger partial charge < -0.3 is 9.73 Å². The van der Waals surface area contributed by atoms with Crippen LogP contribution in [0.1, 0.15) is 17.4 Å². The minimum atomic E-state index is -3.78. The van der Waals surface area contributed by atoms with Gasteiger partial charge in [0.1, 0.15) is 5.76 Å². The molecule has 1 aromatic carbocycles. The Bertz CT molecular complexity index is 997. The lowest BCUT2D eigenvalue weighted by Gasteiger charge is -2.26. The Hall–Kier alpha value is -1.68. The van der Waals surface area contributed by atoms with Gasteiger partial charge in [-0.1, -0.05) is 17.7 Å². The molecule has 3 atom stereocenters. The van der Waals surface area contributed by atoms with Gasteiger partial charge in [-0.2, -0.15) is 0 Å². The number of furan rings is 1. The first-order valence-electron chi connectivity index (χ1n) is 9.04. The number of nitrogens with zero attached hydrogens (tertiary/aromatic N) is 1. The Morgan fingerprint density at radius 1 is 1.18 bits per heavy atom. The minimum Gasteiger partial charge on any atom is -0.468 e. The van der Waals surface area contributed by atoms with Crippen LogP contribution in [0.5, 0.6) is 0 Å². The summed E-state index contributed by atoms with van der Waals surface area (Å²) in [5, 5.41) is 2.17. The summed E-state index contributed by atoms with van der Waals surface area (Å²) in [5.41, 5.74) is 0.944. The highest BCUT2D eigenvalue weighted by molar-refractivity contribution is 7.96. The highest BCUT2D eigenvalue weighted by Gasteiger charge is 2.45. The first-order valence-corrected chi connectivity index (χ1v) is 12.4. The van der Waals surface area contributed by atoms with E-state index in [2.05, 4.69) is 5.32 Å². The van der Waals surface area contributed by atoms with E-state index in [0.29, 0.717) is 6.54 Å². The molecule has 0 radical (unpaired) electrons. The maximum absolute atomic E-state index is 13.1. The van der Waals surface area contributed by atoms with Crippen LogP contribution >= 0.6 is 0 Å². The third kappa shape index (κ3) is 4.48. The summed E-state index contributed by atoms with van der Waals surface area (Å²) < 4.78 is 56.2. The van der Waals surface area contributed by atoms with Gasteiger partial charge in [-0.05, 0) is 45.3 Å². The molecule has 2 heterocycles. The molecular weight excluding hydrogens is 400 g/mol. The van der Waals surface area contributed by atoms with Crippen molar-refractivity contribution in [2.45, 2.75) is 29.2 Å². The van der Waals surface area contributed by atoms with E-state index in [1.807, 2.05) is 32.0 Å². The van der Waals surface area contributed by atoms with Gasteiger partial charge in [-0.25, -0.2) is 16.8 Å². The van der Waals surface area contributed by atoms with Gasteiger partial charge in [-0.3, -0.25) is 4.90 Å². The zero-order valence-electron chi connectivity index (χ0n) is 16.2. The summed E-state index contributed by atoms with van der Waals surface area (Å²) in [6.07, 6.45) is 1.58. The molecule has 1 saturated heterocycles. The zero-order valence-corrected chi connectivity index (χ0v) is 17.8. The molecule has 154 valence electrons. The summed E-state index contributed by atoms with van der Waals surface area (Å²) in [5.74, 6) is 0.172. The SMILES string of the molecule is Cc1ccc(S(=O)(=O)[C@H]2CS(=O)(=O)C[C@@H]2NCC(c2ccco2)N(C)C)cc1. The average molecular weight is 427 g/mol. The van der Waals surface area contributed by atoms with Gasteiger partial charge in [0, 0.05) is 12.6 Å². The second-order valence-corrected chi connectivity index (χ2v) is 11.8. The van der Waals surface area contributed by atoms with E-state index >= 15 is 0 Å². The normalized spacial score (nSPS) is 23.1. The monoisotopic (exact) mass is 426 g/mol. The van der Waals surface area contributed by atoms with E-state index in [0.717, 1.165) is 11.3 Å². The van der Waals surface area contributed by atoms with Gasteiger partial charge in [0.2, 0.25) is 0 Å². The predicted molar refractivity (Wildman–Crippen MR) is 108 cm³/mol. The van der Waals surface area contributed by atoms with Gasteiger partial charge in [0.25, 0.3) is 0 Å². The number of nitrogens with one attached hydrogen (secondary N) is 1. The van der Waals surface area contributed by atoms with Crippen molar-refractivity contribution in [1.29, 1.82) is 0 Å². The molecule has 28 heavy (non-hydrogen) atoms. The van der Waals surface area contributed by atoms with Gasteiger partial charge in [0.15, 0.2) is 19.7 Å². The molecule has 0 spiro atoms. The number of likely N-dealkylation sites (N-methyl/N-ethyl adjacent to an activating group) is 1. The van der Waals surface area contributed by atoms with E-state index in [1.54, 1.807) is 24.5 Å².